The molecule has 166 valence electrons. The molecular weight excluding hydrogens is 405 g/mol. The highest BCUT2D eigenvalue weighted by Gasteiger charge is 2.27. The standard InChI is InChI=1S/C21H26FN5O4/c22-17-13-26(12-9-19(17)29)15-3-1-14(2-4-15)23-21-18(27(30)31)5-6-20(24-21)25-10-7-16(28)8-11-25/h1-6,16-17,19,28-29H,7-13H2,(H,23,24). The van der Waals surface area contributed by atoms with Crippen molar-refractivity contribution in [3.05, 3.63) is 46.5 Å². The summed E-state index contributed by atoms with van der Waals surface area (Å²) in [7, 11) is 0. The number of hydrogen-bond acceptors (Lipinski definition) is 8. The molecule has 0 radical (unpaired) electrons. The van der Waals surface area contributed by atoms with E-state index in [1.165, 1.54) is 6.07 Å². The highest BCUT2D eigenvalue weighted by atomic mass is 19.1. The van der Waals surface area contributed by atoms with Crippen LogP contribution in [0.25, 0.3) is 0 Å². The first-order valence-corrected chi connectivity index (χ1v) is 10.4. The molecule has 0 spiro atoms. The van der Waals surface area contributed by atoms with E-state index in [2.05, 4.69) is 10.3 Å². The van der Waals surface area contributed by atoms with Gasteiger partial charge in [-0.2, -0.15) is 0 Å². The van der Waals surface area contributed by atoms with Crippen molar-refractivity contribution in [1.82, 2.24) is 4.98 Å². The van der Waals surface area contributed by atoms with Gasteiger partial charge in [0.1, 0.15) is 12.0 Å². The second-order valence-electron chi connectivity index (χ2n) is 8.00. The zero-order chi connectivity index (χ0) is 22.0. The summed E-state index contributed by atoms with van der Waals surface area (Å²) in [6.07, 6.45) is -0.873. The van der Waals surface area contributed by atoms with Gasteiger partial charge in [-0.1, -0.05) is 0 Å². The first-order valence-electron chi connectivity index (χ1n) is 10.4. The Bertz CT molecular complexity index is 920. The number of alkyl halides is 1. The summed E-state index contributed by atoms with van der Waals surface area (Å²) in [5, 5.41) is 33.8. The quantitative estimate of drug-likeness (QED) is 0.489. The average Bonchev–Trinajstić information content (AvgIpc) is 2.76. The summed E-state index contributed by atoms with van der Waals surface area (Å²) in [5.41, 5.74) is 1.32. The zero-order valence-electron chi connectivity index (χ0n) is 17.0. The molecule has 3 N–H and O–H groups in total. The Morgan fingerprint density at radius 3 is 2.35 bits per heavy atom. The Kier molecular flexibility index (Phi) is 6.19. The number of anilines is 4. The van der Waals surface area contributed by atoms with Gasteiger partial charge in [0.15, 0.2) is 0 Å². The Hall–Kier alpha value is -2.98. The molecule has 1 aromatic carbocycles. The van der Waals surface area contributed by atoms with Crippen molar-refractivity contribution in [2.24, 2.45) is 0 Å². The number of aromatic nitrogens is 1. The first-order chi connectivity index (χ1) is 14.9. The molecule has 0 amide bonds. The first kappa shape index (κ1) is 21.3. The van der Waals surface area contributed by atoms with Crippen LogP contribution in [0.1, 0.15) is 19.3 Å². The van der Waals surface area contributed by atoms with E-state index in [1.807, 2.05) is 21.9 Å². The number of aliphatic hydroxyl groups is 2. The maximum atomic E-state index is 13.8. The maximum Gasteiger partial charge on any atom is 0.311 e. The van der Waals surface area contributed by atoms with Gasteiger partial charge in [-0.05, 0) is 49.6 Å². The highest BCUT2D eigenvalue weighted by molar-refractivity contribution is 5.69. The van der Waals surface area contributed by atoms with Crippen molar-refractivity contribution in [3.63, 3.8) is 0 Å². The van der Waals surface area contributed by atoms with Crippen molar-refractivity contribution >= 4 is 28.7 Å². The number of benzene rings is 1. The van der Waals surface area contributed by atoms with Gasteiger partial charge < -0.3 is 25.3 Å². The molecule has 10 heteroatoms. The molecule has 3 heterocycles. The lowest BCUT2D eigenvalue weighted by atomic mass is 10.1. The smallest absolute Gasteiger partial charge is 0.311 e. The molecule has 0 saturated carbocycles. The van der Waals surface area contributed by atoms with Gasteiger partial charge in [-0.25, -0.2) is 9.37 Å². The summed E-state index contributed by atoms with van der Waals surface area (Å²) in [5.74, 6) is 0.767. The van der Waals surface area contributed by atoms with Crippen molar-refractivity contribution in [2.75, 3.05) is 41.3 Å². The van der Waals surface area contributed by atoms with Crippen LogP contribution in [0.3, 0.4) is 0 Å². The third-order valence-electron chi connectivity index (χ3n) is 5.85. The van der Waals surface area contributed by atoms with E-state index in [9.17, 15) is 24.7 Å². The Morgan fingerprint density at radius 1 is 1.03 bits per heavy atom. The van der Waals surface area contributed by atoms with Gasteiger partial charge in [0.05, 0.1) is 23.7 Å². The molecule has 2 atom stereocenters. The van der Waals surface area contributed by atoms with E-state index in [4.69, 9.17) is 0 Å². The van der Waals surface area contributed by atoms with Gasteiger partial charge >= 0.3 is 5.69 Å². The second kappa shape index (κ2) is 9.03. The van der Waals surface area contributed by atoms with Gasteiger partial charge in [0, 0.05) is 37.1 Å². The number of halogens is 1. The van der Waals surface area contributed by atoms with E-state index in [-0.39, 0.29) is 24.2 Å². The van der Waals surface area contributed by atoms with E-state index >= 15 is 0 Å². The number of aliphatic hydroxyl groups excluding tert-OH is 2. The summed E-state index contributed by atoms with van der Waals surface area (Å²) in [6, 6.07) is 10.2. The highest BCUT2D eigenvalue weighted by Crippen LogP contribution is 2.31. The van der Waals surface area contributed by atoms with Crippen LogP contribution in [-0.4, -0.2) is 64.7 Å². The van der Waals surface area contributed by atoms with Crippen LogP contribution in [-0.2, 0) is 0 Å². The Balaban J connectivity index is 1.51. The van der Waals surface area contributed by atoms with Crippen LogP contribution in [0.2, 0.25) is 0 Å². The minimum Gasteiger partial charge on any atom is -0.393 e. The largest absolute Gasteiger partial charge is 0.393 e. The van der Waals surface area contributed by atoms with Gasteiger partial charge in [0.25, 0.3) is 0 Å². The summed E-state index contributed by atoms with van der Waals surface area (Å²) >= 11 is 0. The molecule has 31 heavy (non-hydrogen) atoms. The molecule has 0 aliphatic carbocycles. The van der Waals surface area contributed by atoms with Crippen LogP contribution in [0, 0.1) is 10.1 Å². The molecular formula is C21H26FN5O4. The Labute approximate surface area is 179 Å². The second-order valence-corrected chi connectivity index (χ2v) is 8.00. The van der Waals surface area contributed by atoms with E-state index in [0.29, 0.717) is 50.4 Å². The molecule has 1 aromatic heterocycles. The van der Waals surface area contributed by atoms with Crippen molar-refractivity contribution < 1.29 is 19.5 Å². The monoisotopic (exact) mass is 431 g/mol. The minimum atomic E-state index is -1.28. The fraction of sp³-hybridized carbons (Fsp3) is 0.476. The normalized spacial score (nSPS) is 22.4. The number of nitro groups is 1. The van der Waals surface area contributed by atoms with Crippen LogP contribution in [0.4, 0.5) is 33.1 Å². The molecule has 2 fully saturated rings. The molecule has 4 rings (SSSR count). The number of nitrogens with one attached hydrogen (secondary N) is 1. The van der Waals surface area contributed by atoms with Crippen LogP contribution in [0.5, 0.6) is 0 Å². The zero-order valence-corrected chi connectivity index (χ0v) is 17.0. The number of nitrogens with zero attached hydrogens (tertiary/aromatic N) is 4. The lowest BCUT2D eigenvalue weighted by Gasteiger charge is -2.34. The topological polar surface area (TPSA) is 115 Å². The predicted octanol–water partition coefficient (Wildman–Crippen LogP) is 2.60. The summed E-state index contributed by atoms with van der Waals surface area (Å²) in [6.45, 7) is 1.97. The summed E-state index contributed by atoms with van der Waals surface area (Å²) in [4.78, 5) is 19.3. The van der Waals surface area contributed by atoms with Crippen molar-refractivity contribution in [3.8, 4) is 0 Å². The number of piperidine rings is 2. The van der Waals surface area contributed by atoms with E-state index < -0.39 is 17.2 Å². The lowest BCUT2D eigenvalue weighted by molar-refractivity contribution is -0.384. The fourth-order valence-electron chi connectivity index (χ4n) is 3.97. The molecule has 2 aliphatic heterocycles. The minimum absolute atomic E-state index is 0.129. The molecule has 2 unspecified atom stereocenters. The van der Waals surface area contributed by atoms with E-state index in [1.54, 1.807) is 18.2 Å². The SMILES string of the molecule is O=[N+]([O-])c1ccc(N2CCC(O)CC2)nc1Nc1ccc(N2CCC(O)C(F)C2)cc1. The summed E-state index contributed by atoms with van der Waals surface area (Å²) < 4.78 is 13.8. The van der Waals surface area contributed by atoms with Crippen molar-refractivity contribution in [1.29, 1.82) is 0 Å². The molecule has 0 bridgehead atoms. The number of rotatable bonds is 5. The molecule has 2 aliphatic rings. The van der Waals surface area contributed by atoms with Crippen LogP contribution < -0.4 is 15.1 Å². The predicted molar refractivity (Wildman–Crippen MR) is 116 cm³/mol. The number of hydrogen-bond donors (Lipinski definition) is 3. The molecule has 2 saturated heterocycles. The third kappa shape index (κ3) is 4.86. The van der Waals surface area contributed by atoms with E-state index in [0.717, 1.165) is 5.69 Å². The fourth-order valence-corrected chi connectivity index (χ4v) is 3.97. The number of pyridine rings is 1. The van der Waals surface area contributed by atoms with Crippen molar-refractivity contribution in [2.45, 2.75) is 37.6 Å². The maximum absolute atomic E-state index is 13.8. The van der Waals surface area contributed by atoms with Gasteiger partial charge in [0.2, 0.25) is 5.82 Å². The van der Waals surface area contributed by atoms with Gasteiger partial charge in [-0.15, -0.1) is 0 Å². The average molecular weight is 431 g/mol. The Morgan fingerprint density at radius 2 is 1.71 bits per heavy atom. The third-order valence-corrected chi connectivity index (χ3v) is 5.85. The van der Waals surface area contributed by atoms with Gasteiger partial charge in [-0.3, -0.25) is 10.1 Å². The van der Waals surface area contributed by atoms with Crippen LogP contribution in [0.15, 0.2) is 36.4 Å². The molecule has 9 nitrogen and oxygen atoms in total. The molecule has 2 aromatic rings. The lowest BCUT2D eigenvalue weighted by Crippen LogP contribution is -2.44. The van der Waals surface area contributed by atoms with Crippen LogP contribution >= 0.6 is 0 Å².